The van der Waals surface area contributed by atoms with E-state index in [9.17, 15) is 14.7 Å². The lowest BCUT2D eigenvalue weighted by molar-refractivity contribution is -0.131. The van der Waals surface area contributed by atoms with Crippen molar-refractivity contribution in [3.63, 3.8) is 0 Å². The zero-order valence-electron chi connectivity index (χ0n) is 19.4. The molecule has 0 radical (unpaired) electrons. The SMILES string of the molecule is [3H]c1cc2c(c([3H])c1C(=O)O)CC[C@@H]1[C@@H]2CC[C@]2(C)[C@@H](C(=O)NC(C)(C)C)CC[C@@H]12. The van der Waals surface area contributed by atoms with E-state index in [-0.39, 0.29) is 46.3 Å². The Morgan fingerprint density at radius 1 is 1.25 bits per heavy atom. The molecular formula is C24H33NO3. The highest BCUT2D eigenvalue weighted by atomic mass is 16.4. The van der Waals surface area contributed by atoms with Crippen molar-refractivity contribution in [2.45, 2.75) is 77.7 Å². The lowest BCUT2D eigenvalue weighted by Gasteiger charge is -2.51. The quantitative estimate of drug-likeness (QED) is 0.768. The van der Waals surface area contributed by atoms with Gasteiger partial charge < -0.3 is 10.4 Å². The maximum atomic E-state index is 13.1. The molecule has 0 bridgehead atoms. The summed E-state index contributed by atoms with van der Waals surface area (Å²) in [5, 5.41) is 12.6. The second kappa shape index (κ2) is 6.60. The molecule has 4 nitrogen and oxygen atoms in total. The van der Waals surface area contributed by atoms with Crippen molar-refractivity contribution < 1.29 is 17.4 Å². The molecule has 0 heterocycles. The number of rotatable bonds is 2. The second-order valence-corrected chi connectivity index (χ2v) is 10.4. The van der Waals surface area contributed by atoms with Crippen molar-refractivity contribution in [2.75, 3.05) is 0 Å². The van der Waals surface area contributed by atoms with E-state index >= 15 is 0 Å². The first-order chi connectivity index (χ1) is 13.9. The van der Waals surface area contributed by atoms with E-state index in [0.717, 1.165) is 43.2 Å². The lowest BCUT2D eigenvalue weighted by atomic mass is 9.54. The molecule has 4 heteroatoms. The number of hydrogen-bond acceptors (Lipinski definition) is 2. The monoisotopic (exact) mass is 387 g/mol. The number of amides is 1. The molecule has 0 spiro atoms. The van der Waals surface area contributed by atoms with Gasteiger partial charge >= 0.3 is 5.97 Å². The molecule has 0 aromatic heterocycles. The first kappa shape index (κ1) is 17.1. The van der Waals surface area contributed by atoms with Crippen molar-refractivity contribution in [3.05, 3.63) is 34.8 Å². The maximum absolute atomic E-state index is 13.1. The van der Waals surface area contributed by atoms with E-state index in [1.165, 1.54) is 0 Å². The number of nitrogens with one attached hydrogen (secondary N) is 1. The fourth-order valence-corrected chi connectivity index (χ4v) is 6.42. The van der Waals surface area contributed by atoms with Gasteiger partial charge in [0.05, 0.1) is 8.30 Å². The summed E-state index contributed by atoms with van der Waals surface area (Å²) < 4.78 is 16.6. The van der Waals surface area contributed by atoms with Gasteiger partial charge in [0.25, 0.3) is 0 Å². The van der Waals surface area contributed by atoms with Crippen LogP contribution < -0.4 is 5.32 Å². The van der Waals surface area contributed by atoms with Gasteiger partial charge in [-0.1, -0.05) is 13.0 Å². The predicted octanol–water partition coefficient (Wildman–Crippen LogP) is 4.77. The summed E-state index contributed by atoms with van der Waals surface area (Å²) in [4.78, 5) is 24.6. The molecule has 0 saturated heterocycles. The number of fused-ring (bicyclic) bond motifs is 5. The standard InChI is InChI=1S/C24H33NO3/c1-23(2,3)25-21(26)20-10-9-19-18-8-5-14-13-15(22(27)28)6-7-16(14)17(18)11-12-24(19,20)4/h6-7,13,17-20H,5,8-12H2,1-4H3,(H,25,26)(H,27,28)/t17-,18-,19+,20-,24+/m1/s1/i6T,13T. The summed E-state index contributed by atoms with van der Waals surface area (Å²) in [7, 11) is 0. The van der Waals surface area contributed by atoms with Gasteiger partial charge in [0.1, 0.15) is 0 Å². The van der Waals surface area contributed by atoms with Crippen molar-refractivity contribution in [2.24, 2.45) is 23.2 Å². The number of carbonyl (C=O) groups excluding carboxylic acids is 1. The average molecular weight is 388 g/mol. The molecule has 0 unspecified atom stereocenters. The largest absolute Gasteiger partial charge is 0.478 e. The van der Waals surface area contributed by atoms with Crippen LogP contribution in [0.25, 0.3) is 0 Å². The second-order valence-electron chi connectivity index (χ2n) is 10.4. The molecule has 0 aliphatic heterocycles. The van der Waals surface area contributed by atoms with E-state index in [0.29, 0.717) is 18.3 Å². The van der Waals surface area contributed by atoms with Crippen molar-refractivity contribution >= 4 is 11.9 Å². The molecule has 1 amide bonds. The highest BCUT2D eigenvalue weighted by Gasteiger charge is 2.56. The van der Waals surface area contributed by atoms with Gasteiger partial charge in [-0.05, 0) is 106 Å². The Morgan fingerprint density at radius 2 is 2.00 bits per heavy atom. The lowest BCUT2D eigenvalue weighted by Crippen LogP contribution is -2.50. The summed E-state index contributed by atoms with van der Waals surface area (Å²) in [6, 6.07) is 1.70. The van der Waals surface area contributed by atoms with Crippen LogP contribution in [0.3, 0.4) is 0 Å². The van der Waals surface area contributed by atoms with Crippen LogP contribution in [-0.2, 0) is 11.2 Å². The highest BCUT2D eigenvalue weighted by molar-refractivity contribution is 5.88. The van der Waals surface area contributed by atoms with Crippen LogP contribution in [0.4, 0.5) is 0 Å². The maximum Gasteiger partial charge on any atom is 0.335 e. The Hall–Kier alpha value is -1.84. The third-order valence-electron chi connectivity index (χ3n) is 7.59. The molecular weight excluding hydrogens is 350 g/mol. The number of benzene rings is 1. The van der Waals surface area contributed by atoms with Crippen molar-refractivity contribution in [3.8, 4) is 0 Å². The molecule has 4 rings (SSSR count). The molecule has 5 atom stereocenters. The van der Waals surface area contributed by atoms with Crippen molar-refractivity contribution in [1.29, 1.82) is 0 Å². The minimum atomic E-state index is -1.19. The Balaban J connectivity index is 1.64. The Morgan fingerprint density at radius 3 is 2.68 bits per heavy atom. The zero-order chi connectivity index (χ0) is 22.0. The molecule has 3 aliphatic rings. The Bertz CT molecular complexity index is 907. The van der Waals surface area contributed by atoms with E-state index in [1.807, 2.05) is 20.8 Å². The van der Waals surface area contributed by atoms with Crippen LogP contribution in [0.15, 0.2) is 18.2 Å². The van der Waals surface area contributed by atoms with Gasteiger partial charge in [0, 0.05) is 11.5 Å². The predicted molar refractivity (Wildman–Crippen MR) is 109 cm³/mol. The topological polar surface area (TPSA) is 66.4 Å². The third-order valence-corrected chi connectivity index (χ3v) is 7.59. The summed E-state index contributed by atoms with van der Waals surface area (Å²) in [5.74, 6) is 0.204. The van der Waals surface area contributed by atoms with Crippen LogP contribution in [0, 0.1) is 23.2 Å². The van der Waals surface area contributed by atoms with Crippen LogP contribution in [0.5, 0.6) is 0 Å². The van der Waals surface area contributed by atoms with Crippen LogP contribution in [-0.4, -0.2) is 22.5 Å². The first-order valence-corrected chi connectivity index (χ1v) is 10.6. The third kappa shape index (κ3) is 3.15. The van der Waals surface area contributed by atoms with E-state index in [4.69, 9.17) is 2.74 Å². The average Bonchev–Trinajstić information content (AvgIpc) is 2.97. The molecule has 2 fully saturated rings. The summed E-state index contributed by atoms with van der Waals surface area (Å²) in [6.07, 6.45) is 5.50. The zero-order valence-corrected chi connectivity index (χ0v) is 17.4. The van der Waals surface area contributed by atoms with Crippen LogP contribution in [0.2, 0.25) is 0 Å². The fraction of sp³-hybridized carbons (Fsp3) is 0.667. The van der Waals surface area contributed by atoms with E-state index in [1.54, 1.807) is 6.07 Å². The van der Waals surface area contributed by atoms with Crippen LogP contribution in [0.1, 0.15) is 89.9 Å². The highest BCUT2D eigenvalue weighted by Crippen LogP contribution is 2.63. The van der Waals surface area contributed by atoms with Gasteiger partial charge in [-0.3, -0.25) is 4.79 Å². The van der Waals surface area contributed by atoms with Gasteiger partial charge in [0.2, 0.25) is 5.91 Å². The molecule has 2 N–H and O–H groups in total. The van der Waals surface area contributed by atoms with E-state index < -0.39 is 5.97 Å². The number of carboxylic acids is 1. The fourth-order valence-electron chi connectivity index (χ4n) is 6.42. The van der Waals surface area contributed by atoms with Crippen molar-refractivity contribution in [1.82, 2.24) is 5.32 Å². The molecule has 152 valence electrons. The smallest absolute Gasteiger partial charge is 0.335 e. The number of carbonyl (C=O) groups is 2. The molecule has 2 saturated carbocycles. The molecule has 3 aliphatic carbocycles. The molecule has 28 heavy (non-hydrogen) atoms. The Kier molecular flexibility index (Phi) is 4.02. The number of aromatic carboxylic acids is 1. The summed E-state index contributed by atoms with van der Waals surface area (Å²) >= 11 is 0. The number of hydrogen-bond donors (Lipinski definition) is 2. The van der Waals surface area contributed by atoms with Gasteiger partial charge in [-0.15, -0.1) is 0 Å². The Labute approximate surface area is 170 Å². The summed E-state index contributed by atoms with van der Waals surface area (Å²) in [5.41, 5.74) is 1.43. The molecule has 1 aromatic rings. The van der Waals surface area contributed by atoms with Crippen LogP contribution >= 0.6 is 0 Å². The normalized spacial score (nSPS) is 35.1. The van der Waals surface area contributed by atoms with Gasteiger partial charge in [0.15, 0.2) is 0 Å². The van der Waals surface area contributed by atoms with E-state index in [2.05, 4.69) is 12.2 Å². The first-order valence-electron chi connectivity index (χ1n) is 11.6. The number of carboxylic acid groups (broad SMARTS) is 1. The molecule has 1 aromatic carbocycles. The summed E-state index contributed by atoms with van der Waals surface area (Å²) in [6.45, 7) is 8.37. The minimum Gasteiger partial charge on any atom is -0.478 e. The minimum absolute atomic E-state index is 0.0113. The van der Waals surface area contributed by atoms with Gasteiger partial charge in [-0.25, -0.2) is 4.79 Å². The van der Waals surface area contributed by atoms with Gasteiger partial charge in [-0.2, -0.15) is 0 Å².